The first-order valence-corrected chi connectivity index (χ1v) is 18.2. The van der Waals surface area contributed by atoms with E-state index < -0.39 is 0 Å². The van der Waals surface area contributed by atoms with Crippen molar-refractivity contribution in [1.29, 1.82) is 0 Å². The number of H-pyrrole nitrogens is 2. The third-order valence-corrected chi connectivity index (χ3v) is 12.1. The van der Waals surface area contributed by atoms with Gasteiger partial charge in [-0.3, -0.25) is 0 Å². The van der Waals surface area contributed by atoms with Crippen molar-refractivity contribution in [1.82, 2.24) is 39.9 Å². The maximum absolute atomic E-state index is 6.81. The number of nitrogens with one attached hydrogen (secondary N) is 2. The van der Waals surface area contributed by atoms with E-state index in [0.29, 0.717) is 82.5 Å². The molecule has 3 aromatic carbocycles. The predicted octanol–water partition coefficient (Wildman–Crippen LogP) is 11.0. The van der Waals surface area contributed by atoms with Gasteiger partial charge in [-0.1, -0.05) is 23.7 Å². The topological polar surface area (TPSA) is 109 Å². The molecule has 0 spiro atoms. The van der Waals surface area contributed by atoms with Gasteiger partial charge in [0.2, 0.25) is 0 Å². The molecule has 5 heterocycles. The number of allylic oxidation sites excluding steroid dienone is 1. The number of hydrogen-bond acceptors (Lipinski definition) is 6. The summed E-state index contributed by atoms with van der Waals surface area (Å²) < 4.78 is 0.394. The summed E-state index contributed by atoms with van der Waals surface area (Å²) in [4.78, 5) is 35.6. The van der Waals surface area contributed by atoms with Gasteiger partial charge in [0.25, 0.3) is 0 Å². The molecule has 17 heteroatoms. The Balaban J connectivity index is 1.61. The predicted molar refractivity (Wildman–Crippen MR) is 193 cm³/mol. The second-order valence-corrected chi connectivity index (χ2v) is 16.0. The molecular formula is C31H10Cl8N8Zn. The summed E-state index contributed by atoms with van der Waals surface area (Å²) in [6.45, 7) is 0. The number of hydrogen-bond donors (Lipinski definition) is 2. The molecule has 8 rings (SSSR count). The number of nitrogens with zero attached hydrogens (tertiary/aromatic N) is 6. The summed E-state index contributed by atoms with van der Waals surface area (Å²) in [5.74, 6) is 1.09. The first-order chi connectivity index (χ1) is 23.0. The van der Waals surface area contributed by atoms with Crippen LogP contribution < -0.4 is 0 Å². The molecule has 8 nitrogen and oxygen atoms in total. The molecule has 0 fully saturated rings. The zero-order chi connectivity index (χ0) is 33.6. The minimum atomic E-state index is 0.0245. The SMILES string of the molecule is Cl[C](=[Zn])/C(Cl)=C(/Cl)c1cc2nc3nc(nc4[nH]c(nc5nc(nc1[nH]2)-c1c(Cl)c(Cl)c(Cl)c(Cl)c1-5)c1c(Cl)cccc41)-c1ccccc1-3. The summed E-state index contributed by atoms with van der Waals surface area (Å²) in [6, 6.07) is 14.8. The van der Waals surface area contributed by atoms with Gasteiger partial charge in [-0.05, 0) is 6.07 Å². The number of rotatable bonds is 2. The van der Waals surface area contributed by atoms with E-state index in [1.165, 1.54) is 0 Å². The van der Waals surface area contributed by atoms with Gasteiger partial charge < -0.3 is 0 Å². The van der Waals surface area contributed by atoms with Crippen LogP contribution in [0.2, 0.25) is 25.1 Å². The first-order valence-electron chi connectivity index (χ1n) is 13.7. The summed E-state index contributed by atoms with van der Waals surface area (Å²) in [7, 11) is 0. The second-order valence-electron chi connectivity index (χ2n) is 10.5. The fourth-order valence-electron chi connectivity index (χ4n) is 5.48. The van der Waals surface area contributed by atoms with Crippen LogP contribution in [0, 0.1) is 0 Å². The van der Waals surface area contributed by atoms with Crippen LogP contribution in [0.4, 0.5) is 0 Å². The Hall–Kier alpha value is -2.69. The minimum absolute atomic E-state index is 0.0245. The Labute approximate surface area is 319 Å². The van der Waals surface area contributed by atoms with Crippen molar-refractivity contribution < 1.29 is 17.9 Å². The Morgan fingerprint density at radius 1 is 0.583 bits per heavy atom. The Kier molecular flexibility index (Phi) is 8.31. The normalized spacial score (nSPS) is 12.6. The molecule has 0 atom stereocenters. The molecule has 6 aromatic rings. The van der Waals surface area contributed by atoms with Crippen molar-refractivity contribution in [3.05, 3.63) is 84.2 Å². The summed E-state index contributed by atoms with van der Waals surface area (Å²) in [5, 5.41) is 2.25. The van der Waals surface area contributed by atoms with Crippen molar-refractivity contribution >= 4 is 135 Å². The van der Waals surface area contributed by atoms with Gasteiger partial charge in [0.1, 0.15) is 0 Å². The van der Waals surface area contributed by atoms with E-state index in [4.69, 9.17) is 123 Å². The standard InChI is InChI=1S/C31H10Cl8N8.Zn/c32-9-15(34)20(35)13-8-16-40-25-10-4-1-2-5-11(10)26(42-25)43-27-12-6-3-7-14(33)17(12)29(44-27)46-31-19-18(30(47-31)45-28(13)41-16)21(36)23(38)24(39)22(19)37;/h1-8H,(H2,40,41,42,43,44,45,46,47);/b20-15-;. The summed E-state index contributed by atoms with van der Waals surface area (Å²) >= 11 is 53.6. The molecule has 2 aliphatic heterocycles. The number of halogens is 8. The van der Waals surface area contributed by atoms with Crippen molar-refractivity contribution in [3.8, 4) is 45.6 Å². The molecule has 232 valence electrons. The van der Waals surface area contributed by atoms with Gasteiger partial charge in [0.05, 0.1) is 5.02 Å². The zero-order valence-electron chi connectivity index (χ0n) is 23.5. The van der Waals surface area contributed by atoms with Crippen LogP contribution in [0.1, 0.15) is 5.56 Å². The molecule has 3 aromatic heterocycles. The van der Waals surface area contributed by atoms with Gasteiger partial charge >= 0.3 is 282 Å². The van der Waals surface area contributed by atoms with Crippen LogP contribution in [0.5, 0.6) is 0 Å². The van der Waals surface area contributed by atoms with Crippen LogP contribution in [-0.4, -0.2) is 43.4 Å². The van der Waals surface area contributed by atoms with E-state index >= 15 is 0 Å². The maximum atomic E-state index is 6.81. The van der Waals surface area contributed by atoms with Crippen molar-refractivity contribution in [2.45, 2.75) is 0 Å². The van der Waals surface area contributed by atoms with Gasteiger partial charge in [0.15, 0.2) is 0 Å². The second kappa shape index (κ2) is 12.3. The third-order valence-electron chi connectivity index (χ3n) is 7.62. The van der Waals surface area contributed by atoms with Crippen LogP contribution in [0.15, 0.2) is 53.6 Å². The van der Waals surface area contributed by atoms with E-state index in [1.54, 1.807) is 12.1 Å². The third kappa shape index (κ3) is 5.18. The van der Waals surface area contributed by atoms with Crippen LogP contribution >= 0.6 is 92.8 Å². The number of aromatic nitrogens is 8. The van der Waals surface area contributed by atoms with E-state index in [1.807, 2.05) is 36.4 Å². The van der Waals surface area contributed by atoms with E-state index in [9.17, 15) is 0 Å². The van der Waals surface area contributed by atoms with Gasteiger partial charge in [-0.2, -0.15) is 0 Å². The van der Waals surface area contributed by atoms with Crippen LogP contribution in [0.25, 0.3) is 83.9 Å². The Morgan fingerprint density at radius 2 is 1.17 bits per heavy atom. The number of fused-ring (bicyclic) bond motifs is 17. The molecular weight excluding hydrogens is 833 g/mol. The Bertz CT molecular complexity index is 2650. The molecule has 8 bridgehead atoms. The van der Waals surface area contributed by atoms with Gasteiger partial charge in [-0.25, -0.2) is 0 Å². The number of benzene rings is 3. The average molecular weight is 843 g/mol. The molecule has 0 aliphatic carbocycles. The quantitative estimate of drug-likeness (QED) is 0.102. The zero-order valence-corrected chi connectivity index (χ0v) is 32.5. The van der Waals surface area contributed by atoms with Crippen molar-refractivity contribution in [3.63, 3.8) is 0 Å². The Morgan fingerprint density at radius 3 is 1.81 bits per heavy atom. The van der Waals surface area contributed by atoms with Crippen molar-refractivity contribution in [2.24, 2.45) is 0 Å². The molecule has 0 radical (unpaired) electrons. The van der Waals surface area contributed by atoms with Crippen molar-refractivity contribution in [2.75, 3.05) is 0 Å². The molecule has 2 N–H and O–H groups in total. The van der Waals surface area contributed by atoms with E-state index in [-0.39, 0.29) is 47.5 Å². The number of aromatic amines is 2. The van der Waals surface area contributed by atoms with E-state index in [0.717, 1.165) is 11.1 Å². The van der Waals surface area contributed by atoms with Crippen LogP contribution in [0.3, 0.4) is 0 Å². The molecule has 2 aliphatic rings. The fraction of sp³-hybridized carbons (Fsp3) is 0. The van der Waals surface area contributed by atoms with Gasteiger partial charge in [-0.15, -0.1) is 0 Å². The average Bonchev–Trinajstić information content (AvgIpc) is 3.82. The monoisotopic (exact) mass is 838 g/mol. The first kappa shape index (κ1) is 32.5. The molecule has 0 saturated carbocycles. The van der Waals surface area contributed by atoms with Crippen LogP contribution in [-0.2, 0) is 17.9 Å². The van der Waals surface area contributed by atoms with E-state index in [2.05, 4.69) is 9.97 Å². The summed E-state index contributed by atoms with van der Waals surface area (Å²) in [5.41, 5.74) is 3.97. The molecule has 0 unspecified atom stereocenters. The van der Waals surface area contributed by atoms with Gasteiger partial charge in [0, 0.05) is 5.39 Å². The summed E-state index contributed by atoms with van der Waals surface area (Å²) in [6.07, 6.45) is 0. The molecule has 48 heavy (non-hydrogen) atoms. The molecule has 0 saturated heterocycles. The molecule has 0 amide bonds. The fourth-order valence-corrected chi connectivity index (χ4v) is 7.88.